The lowest BCUT2D eigenvalue weighted by Crippen LogP contribution is -2.31. The van der Waals surface area contributed by atoms with Crippen molar-refractivity contribution in [1.29, 1.82) is 0 Å². The summed E-state index contributed by atoms with van der Waals surface area (Å²) in [6.45, 7) is 0.461. The van der Waals surface area contributed by atoms with Crippen molar-refractivity contribution in [2.24, 2.45) is 0 Å². The van der Waals surface area contributed by atoms with Gasteiger partial charge >= 0.3 is 11.9 Å². The van der Waals surface area contributed by atoms with Gasteiger partial charge < -0.3 is 14.8 Å². The van der Waals surface area contributed by atoms with Gasteiger partial charge in [0.05, 0.1) is 7.11 Å². The molecule has 1 heterocycles. The van der Waals surface area contributed by atoms with Crippen LogP contribution in [0, 0.1) is 0 Å². The Morgan fingerprint density at radius 2 is 2.29 bits per heavy atom. The highest BCUT2D eigenvalue weighted by Crippen LogP contribution is 2.11. The van der Waals surface area contributed by atoms with E-state index in [4.69, 9.17) is 16.3 Å². The van der Waals surface area contributed by atoms with E-state index >= 15 is 0 Å². The number of alkyl halides is 1. The Labute approximate surface area is 86.7 Å². The Bertz CT molecular complexity index is 233. The van der Waals surface area contributed by atoms with Crippen molar-refractivity contribution >= 4 is 23.5 Å². The first-order valence-corrected chi connectivity index (χ1v) is 4.77. The van der Waals surface area contributed by atoms with E-state index in [0.717, 1.165) is 0 Å². The summed E-state index contributed by atoms with van der Waals surface area (Å²) >= 11 is 5.27. The van der Waals surface area contributed by atoms with Crippen molar-refractivity contribution < 1.29 is 19.1 Å². The Morgan fingerprint density at radius 3 is 2.86 bits per heavy atom. The van der Waals surface area contributed by atoms with Gasteiger partial charge in [0.2, 0.25) is 0 Å². The van der Waals surface area contributed by atoms with Crippen LogP contribution in [0.3, 0.4) is 0 Å². The highest BCUT2D eigenvalue weighted by Gasteiger charge is 2.32. The third kappa shape index (κ3) is 2.85. The molecule has 0 unspecified atom stereocenters. The molecule has 0 bridgehead atoms. The van der Waals surface area contributed by atoms with Crippen LogP contribution in [0.1, 0.15) is 6.42 Å². The molecule has 2 atom stereocenters. The molecular weight excluding hydrogens is 210 g/mol. The molecule has 0 aromatic heterocycles. The second-order valence-electron chi connectivity index (χ2n) is 2.97. The Balaban J connectivity index is 2.34. The lowest BCUT2D eigenvalue weighted by Gasteiger charge is -2.09. The number of esters is 2. The summed E-state index contributed by atoms with van der Waals surface area (Å²) in [6.07, 6.45) is 0.153. The molecule has 1 N–H and O–H groups in total. The largest absolute Gasteiger partial charge is 0.468 e. The molecule has 0 saturated carbocycles. The summed E-state index contributed by atoms with van der Waals surface area (Å²) in [7, 11) is 1.32. The summed E-state index contributed by atoms with van der Waals surface area (Å²) in [5.41, 5.74) is 0. The third-order valence-corrected chi connectivity index (χ3v) is 2.20. The molecule has 1 rings (SSSR count). The summed E-state index contributed by atoms with van der Waals surface area (Å²) in [5, 5.41) is 2.89. The number of carbonyl (C=O) groups is 2. The lowest BCUT2D eigenvalue weighted by molar-refractivity contribution is -0.147. The van der Waals surface area contributed by atoms with Gasteiger partial charge in [0.25, 0.3) is 0 Å². The number of rotatable bonds is 3. The fraction of sp³-hybridized carbons (Fsp3) is 0.750. The maximum absolute atomic E-state index is 11.1. The van der Waals surface area contributed by atoms with Crippen molar-refractivity contribution in [2.75, 3.05) is 19.5 Å². The molecule has 1 aliphatic heterocycles. The summed E-state index contributed by atoms with van der Waals surface area (Å²) in [5.74, 6) is -0.974. The van der Waals surface area contributed by atoms with Gasteiger partial charge in [-0.05, 0) is 0 Å². The quantitative estimate of drug-likeness (QED) is 0.522. The molecule has 0 aliphatic carbocycles. The zero-order chi connectivity index (χ0) is 10.6. The van der Waals surface area contributed by atoms with Crippen LogP contribution in [0.5, 0.6) is 0 Å². The number of ether oxygens (including phenoxy) is 2. The van der Waals surface area contributed by atoms with E-state index < -0.39 is 5.97 Å². The Morgan fingerprint density at radius 1 is 1.57 bits per heavy atom. The van der Waals surface area contributed by atoms with E-state index in [1.54, 1.807) is 0 Å². The Kier molecular flexibility index (Phi) is 4.16. The molecule has 0 amide bonds. The van der Waals surface area contributed by atoms with Crippen LogP contribution in [0.15, 0.2) is 0 Å². The van der Waals surface area contributed by atoms with E-state index in [2.05, 4.69) is 10.1 Å². The summed E-state index contributed by atoms with van der Waals surface area (Å²) in [4.78, 5) is 21.9. The lowest BCUT2D eigenvalue weighted by atomic mass is 10.2. The second kappa shape index (κ2) is 5.17. The third-order valence-electron chi connectivity index (χ3n) is 1.98. The predicted octanol–water partition coefficient (Wildman–Crippen LogP) is -0.328. The highest BCUT2D eigenvalue weighted by molar-refractivity contribution is 6.26. The van der Waals surface area contributed by atoms with Crippen molar-refractivity contribution in [3.63, 3.8) is 0 Å². The monoisotopic (exact) mass is 221 g/mol. The molecule has 0 radical (unpaired) electrons. The minimum absolute atomic E-state index is 0.167. The molecule has 14 heavy (non-hydrogen) atoms. The van der Waals surface area contributed by atoms with Crippen molar-refractivity contribution in [2.45, 2.75) is 18.6 Å². The standard InChI is InChI=1S/C8H12ClNO4/c1-13-8(12)6-2-5(4-10-6)14-7(11)3-9/h5-6,10H,2-4H2,1H3/t5-,6-/m0/s1. The molecule has 1 aliphatic rings. The summed E-state index contributed by atoms with van der Waals surface area (Å²) < 4.78 is 9.49. The fourth-order valence-corrected chi connectivity index (χ4v) is 1.40. The molecule has 5 nitrogen and oxygen atoms in total. The van der Waals surface area contributed by atoms with Gasteiger partial charge in [-0.15, -0.1) is 11.6 Å². The van der Waals surface area contributed by atoms with Crippen LogP contribution < -0.4 is 5.32 Å². The molecular formula is C8H12ClNO4. The number of halogens is 1. The SMILES string of the molecule is COC(=O)[C@@H]1C[C@H](OC(=O)CCl)CN1. The van der Waals surface area contributed by atoms with Gasteiger partial charge in [0.1, 0.15) is 18.0 Å². The molecule has 1 fully saturated rings. The van der Waals surface area contributed by atoms with Crippen LogP contribution in [0.4, 0.5) is 0 Å². The van der Waals surface area contributed by atoms with Crippen LogP contribution in [-0.4, -0.2) is 43.6 Å². The van der Waals surface area contributed by atoms with E-state index in [9.17, 15) is 9.59 Å². The number of nitrogens with one attached hydrogen (secondary N) is 1. The smallest absolute Gasteiger partial charge is 0.323 e. The van der Waals surface area contributed by atoms with Crippen LogP contribution in [-0.2, 0) is 19.1 Å². The van der Waals surface area contributed by atoms with Gasteiger partial charge in [-0.2, -0.15) is 0 Å². The minimum atomic E-state index is -0.469. The van der Waals surface area contributed by atoms with Gasteiger partial charge in [0, 0.05) is 13.0 Å². The molecule has 0 spiro atoms. The summed E-state index contributed by atoms with van der Waals surface area (Å²) in [6, 6.07) is -0.381. The van der Waals surface area contributed by atoms with Gasteiger partial charge in [0.15, 0.2) is 0 Å². The number of carbonyl (C=O) groups excluding carboxylic acids is 2. The van der Waals surface area contributed by atoms with E-state index in [1.165, 1.54) is 7.11 Å². The maximum atomic E-state index is 11.1. The molecule has 0 aromatic rings. The zero-order valence-corrected chi connectivity index (χ0v) is 8.54. The second-order valence-corrected chi connectivity index (χ2v) is 3.23. The van der Waals surface area contributed by atoms with Crippen molar-refractivity contribution in [3.8, 4) is 0 Å². The number of hydrogen-bond acceptors (Lipinski definition) is 5. The average molecular weight is 222 g/mol. The van der Waals surface area contributed by atoms with Gasteiger partial charge in [-0.3, -0.25) is 9.59 Å². The van der Waals surface area contributed by atoms with E-state index in [0.29, 0.717) is 13.0 Å². The van der Waals surface area contributed by atoms with Crippen LogP contribution in [0.25, 0.3) is 0 Å². The Hall–Kier alpha value is -0.810. The van der Waals surface area contributed by atoms with Crippen LogP contribution in [0.2, 0.25) is 0 Å². The highest BCUT2D eigenvalue weighted by atomic mass is 35.5. The zero-order valence-electron chi connectivity index (χ0n) is 7.79. The fourth-order valence-electron chi connectivity index (χ4n) is 1.33. The predicted molar refractivity (Wildman–Crippen MR) is 49.0 cm³/mol. The molecule has 0 aromatic carbocycles. The first-order valence-electron chi connectivity index (χ1n) is 4.24. The van der Waals surface area contributed by atoms with E-state index in [1.807, 2.05) is 0 Å². The van der Waals surface area contributed by atoms with Crippen LogP contribution >= 0.6 is 11.6 Å². The normalized spacial score (nSPS) is 25.9. The minimum Gasteiger partial charge on any atom is -0.468 e. The first-order chi connectivity index (χ1) is 6.67. The molecule has 1 saturated heterocycles. The first kappa shape index (κ1) is 11.3. The van der Waals surface area contributed by atoms with Crippen molar-refractivity contribution in [1.82, 2.24) is 5.32 Å². The number of methoxy groups -OCH3 is 1. The van der Waals surface area contributed by atoms with Crippen molar-refractivity contribution in [3.05, 3.63) is 0 Å². The molecule has 80 valence electrons. The van der Waals surface area contributed by atoms with Gasteiger partial charge in [-0.1, -0.05) is 0 Å². The maximum Gasteiger partial charge on any atom is 0.323 e. The van der Waals surface area contributed by atoms with E-state index in [-0.39, 0.29) is 24.0 Å². The number of hydrogen-bond donors (Lipinski definition) is 1. The topological polar surface area (TPSA) is 64.6 Å². The average Bonchev–Trinajstić information content (AvgIpc) is 2.65. The van der Waals surface area contributed by atoms with Gasteiger partial charge in [-0.25, -0.2) is 0 Å². The molecule has 6 heteroatoms.